The molecule has 1 aliphatic heterocycles. The van der Waals surface area contributed by atoms with Crippen molar-refractivity contribution in [2.24, 2.45) is 0 Å². The Morgan fingerprint density at radius 2 is 1.86 bits per heavy atom. The standard InChI is InChI=1S/C31H40N4O6S2/c1-21-26(38-5)15-23(16-27(21)39-6)30(37)35(14-10-13-22-11-8-7-9-12-22)18-28-32-25(20-42-28)29(36)33-43-34(4)17-24-19-40-31(2,3)41-24/h7-9,11-12,15-16,20,24H,10,13-14,17-19H2,1-6H3,(H,33,36). The summed E-state index contributed by atoms with van der Waals surface area (Å²) in [5.41, 5.74) is 2.80. The van der Waals surface area contributed by atoms with Gasteiger partial charge in [0.1, 0.15) is 22.2 Å². The van der Waals surface area contributed by atoms with Gasteiger partial charge in [-0.15, -0.1) is 11.3 Å². The van der Waals surface area contributed by atoms with E-state index in [2.05, 4.69) is 21.8 Å². The van der Waals surface area contributed by atoms with Crippen LogP contribution in [0.5, 0.6) is 11.5 Å². The zero-order valence-electron chi connectivity index (χ0n) is 25.5. The van der Waals surface area contributed by atoms with Crippen molar-refractivity contribution in [2.75, 3.05) is 41.0 Å². The van der Waals surface area contributed by atoms with E-state index in [1.165, 1.54) is 29.0 Å². The van der Waals surface area contributed by atoms with Gasteiger partial charge in [-0.05, 0) is 58.4 Å². The van der Waals surface area contributed by atoms with Gasteiger partial charge in [0.05, 0.1) is 33.5 Å². The van der Waals surface area contributed by atoms with Crippen molar-refractivity contribution in [3.63, 3.8) is 0 Å². The van der Waals surface area contributed by atoms with Crippen LogP contribution in [0.15, 0.2) is 47.8 Å². The average molecular weight is 629 g/mol. The fraction of sp³-hybridized carbons (Fsp3) is 0.452. The molecule has 1 fully saturated rings. The Labute approximate surface area is 261 Å². The zero-order valence-corrected chi connectivity index (χ0v) is 27.2. The highest BCUT2D eigenvalue weighted by Crippen LogP contribution is 2.30. The second-order valence-electron chi connectivity index (χ2n) is 10.7. The Kier molecular flexibility index (Phi) is 11.4. The van der Waals surface area contributed by atoms with Crippen molar-refractivity contribution in [1.29, 1.82) is 0 Å². The third-order valence-electron chi connectivity index (χ3n) is 6.96. The molecule has 10 nitrogen and oxygen atoms in total. The molecule has 1 atom stereocenters. The van der Waals surface area contributed by atoms with E-state index >= 15 is 0 Å². The summed E-state index contributed by atoms with van der Waals surface area (Å²) in [6, 6.07) is 13.7. The summed E-state index contributed by atoms with van der Waals surface area (Å²) in [6.45, 7) is 7.53. The quantitative estimate of drug-likeness (QED) is 0.244. The molecule has 4 rings (SSSR count). The number of thiazole rings is 1. The number of nitrogens with zero attached hydrogens (tertiary/aromatic N) is 3. The summed E-state index contributed by atoms with van der Waals surface area (Å²) < 4.78 is 27.2. The number of rotatable bonds is 14. The van der Waals surface area contributed by atoms with Crippen LogP contribution in [0.3, 0.4) is 0 Å². The number of benzene rings is 2. The number of likely N-dealkylation sites (N-methyl/N-ethyl adjacent to an activating group) is 1. The fourth-order valence-corrected chi connectivity index (χ4v) is 6.14. The van der Waals surface area contributed by atoms with E-state index < -0.39 is 5.79 Å². The van der Waals surface area contributed by atoms with E-state index in [-0.39, 0.29) is 24.5 Å². The van der Waals surface area contributed by atoms with Crippen LogP contribution in [0, 0.1) is 6.92 Å². The SMILES string of the molecule is COc1cc(C(=O)N(CCCc2ccccc2)Cc2nc(C(=O)NSN(C)CC3COC(C)(C)O3)cs2)cc(OC)c1C. The molecule has 232 valence electrons. The zero-order chi connectivity index (χ0) is 31.0. The molecule has 3 aromatic rings. The van der Waals surface area contributed by atoms with Gasteiger partial charge in [-0.1, -0.05) is 30.3 Å². The number of nitrogens with one attached hydrogen (secondary N) is 1. The lowest BCUT2D eigenvalue weighted by Gasteiger charge is -2.23. The number of amides is 2. The van der Waals surface area contributed by atoms with Crippen molar-refractivity contribution in [3.8, 4) is 11.5 Å². The molecule has 1 N–H and O–H groups in total. The van der Waals surface area contributed by atoms with Crippen LogP contribution in [-0.2, 0) is 22.4 Å². The molecule has 0 bridgehead atoms. The van der Waals surface area contributed by atoms with Crippen LogP contribution in [0.1, 0.15) is 57.2 Å². The molecule has 0 aliphatic carbocycles. The van der Waals surface area contributed by atoms with Crippen molar-refractivity contribution in [2.45, 2.75) is 52.0 Å². The van der Waals surface area contributed by atoms with E-state index in [4.69, 9.17) is 18.9 Å². The number of hydrogen-bond donors (Lipinski definition) is 1. The molecule has 1 aromatic heterocycles. The first kappa shape index (κ1) is 32.7. The Hall–Kier alpha value is -3.16. The predicted octanol–water partition coefficient (Wildman–Crippen LogP) is 5.12. The maximum atomic E-state index is 13.8. The molecule has 2 aromatic carbocycles. The second-order valence-corrected chi connectivity index (χ2v) is 12.7. The molecule has 1 saturated heterocycles. The second kappa shape index (κ2) is 15.0. The number of aromatic nitrogens is 1. The van der Waals surface area contributed by atoms with Crippen molar-refractivity contribution in [3.05, 3.63) is 75.2 Å². The summed E-state index contributed by atoms with van der Waals surface area (Å²) in [5.74, 6) is 0.101. The summed E-state index contributed by atoms with van der Waals surface area (Å²) >= 11 is 2.54. The molecule has 1 aliphatic rings. The largest absolute Gasteiger partial charge is 0.496 e. The molecule has 2 amide bonds. The van der Waals surface area contributed by atoms with E-state index in [9.17, 15) is 9.59 Å². The number of aryl methyl sites for hydroxylation is 1. The maximum Gasteiger partial charge on any atom is 0.281 e. The van der Waals surface area contributed by atoms with E-state index in [0.29, 0.717) is 47.5 Å². The first-order valence-electron chi connectivity index (χ1n) is 14.1. The summed E-state index contributed by atoms with van der Waals surface area (Å²) in [5, 5.41) is 2.38. The average Bonchev–Trinajstić information content (AvgIpc) is 3.61. The molecule has 12 heteroatoms. The summed E-state index contributed by atoms with van der Waals surface area (Å²) in [7, 11) is 5.02. The Morgan fingerprint density at radius 3 is 2.49 bits per heavy atom. The molecular formula is C31H40N4O6S2. The third kappa shape index (κ3) is 9.16. The van der Waals surface area contributed by atoms with Gasteiger partial charge in [0, 0.05) is 41.7 Å². The van der Waals surface area contributed by atoms with Crippen LogP contribution in [0.25, 0.3) is 0 Å². The minimum Gasteiger partial charge on any atom is -0.496 e. The number of carbonyl (C=O) groups is 2. The lowest BCUT2D eigenvalue weighted by atomic mass is 10.1. The molecule has 0 saturated carbocycles. The lowest BCUT2D eigenvalue weighted by molar-refractivity contribution is -0.138. The molecular weight excluding hydrogens is 588 g/mol. The van der Waals surface area contributed by atoms with Crippen LogP contribution >= 0.6 is 23.5 Å². The van der Waals surface area contributed by atoms with Crippen molar-refractivity contribution < 1.29 is 28.5 Å². The Bertz CT molecular complexity index is 1360. The first-order valence-corrected chi connectivity index (χ1v) is 15.7. The smallest absolute Gasteiger partial charge is 0.281 e. The van der Waals surface area contributed by atoms with Gasteiger partial charge in [0.25, 0.3) is 11.8 Å². The maximum absolute atomic E-state index is 13.8. The van der Waals surface area contributed by atoms with Crippen LogP contribution in [-0.4, -0.2) is 78.9 Å². The van der Waals surface area contributed by atoms with Crippen molar-refractivity contribution >= 4 is 35.3 Å². The normalized spacial score (nSPS) is 15.8. The highest BCUT2D eigenvalue weighted by molar-refractivity contribution is 7.95. The van der Waals surface area contributed by atoms with Crippen LogP contribution < -0.4 is 14.2 Å². The van der Waals surface area contributed by atoms with Gasteiger partial charge in [0.15, 0.2) is 5.79 Å². The predicted molar refractivity (Wildman–Crippen MR) is 168 cm³/mol. The van der Waals surface area contributed by atoms with Gasteiger partial charge in [0.2, 0.25) is 0 Å². The topological polar surface area (TPSA) is 102 Å². The number of carbonyl (C=O) groups excluding carboxylic acids is 2. The lowest BCUT2D eigenvalue weighted by Crippen LogP contribution is -2.32. The van der Waals surface area contributed by atoms with Crippen LogP contribution in [0.4, 0.5) is 0 Å². The molecule has 2 heterocycles. The molecule has 1 unspecified atom stereocenters. The van der Waals surface area contributed by atoms with E-state index in [0.717, 1.165) is 18.4 Å². The first-order chi connectivity index (χ1) is 20.6. The minimum absolute atomic E-state index is 0.0749. The van der Waals surface area contributed by atoms with Gasteiger partial charge >= 0.3 is 0 Å². The monoisotopic (exact) mass is 628 g/mol. The summed E-state index contributed by atoms with van der Waals surface area (Å²) in [4.78, 5) is 33.0. The highest BCUT2D eigenvalue weighted by Gasteiger charge is 2.33. The van der Waals surface area contributed by atoms with Gasteiger partial charge in [-0.2, -0.15) is 0 Å². The van der Waals surface area contributed by atoms with Gasteiger partial charge in [-0.25, -0.2) is 9.29 Å². The molecule has 43 heavy (non-hydrogen) atoms. The third-order valence-corrected chi connectivity index (χ3v) is 8.53. The Morgan fingerprint density at radius 1 is 1.16 bits per heavy atom. The Balaban J connectivity index is 1.41. The molecule has 0 spiro atoms. The summed E-state index contributed by atoms with van der Waals surface area (Å²) in [6.07, 6.45) is 1.52. The number of methoxy groups -OCH3 is 2. The number of hydrogen-bond acceptors (Lipinski definition) is 10. The fourth-order valence-electron chi connectivity index (χ4n) is 4.76. The van der Waals surface area contributed by atoms with Crippen molar-refractivity contribution in [1.82, 2.24) is 18.9 Å². The number of ether oxygens (including phenoxy) is 4. The molecule has 0 radical (unpaired) electrons. The van der Waals surface area contributed by atoms with E-state index in [1.807, 2.05) is 50.3 Å². The van der Waals surface area contributed by atoms with Gasteiger partial charge < -0.3 is 23.8 Å². The van der Waals surface area contributed by atoms with Crippen LogP contribution in [0.2, 0.25) is 0 Å². The van der Waals surface area contributed by atoms with E-state index in [1.54, 1.807) is 36.6 Å². The highest BCUT2D eigenvalue weighted by atomic mass is 32.2. The van der Waals surface area contributed by atoms with Gasteiger partial charge in [-0.3, -0.25) is 14.3 Å². The minimum atomic E-state index is -0.592.